The van der Waals surface area contributed by atoms with Crippen molar-refractivity contribution in [1.82, 2.24) is 10.2 Å². The lowest BCUT2D eigenvalue weighted by molar-refractivity contribution is 0.0509. The Balaban J connectivity index is 2.04. The van der Waals surface area contributed by atoms with Crippen molar-refractivity contribution in [3.05, 3.63) is 0 Å². The number of likely N-dealkylation sites (tertiary alicyclic amines) is 1. The zero-order valence-corrected chi connectivity index (χ0v) is 12.6. The molecule has 0 aromatic carbocycles. The first-order valence-electron chi connectivity index (χ1n) is 8.10. The first-order chi connectivity index (χ1) is 9.24. The fourth-order valence-electron chi connectivity index (χ4n) is 4.06. The van der Waals surface area contributed by atoms with Gasteiger partial charge in [-0.2, -0.15) is 5.26 Å². The van der Waals surface area contributed by atoms with Crippen molar-refractivity contribution < 1.29 is 0 Å². The van der Waals surface area contributed by atoms with Crippen LogP contribution in [0.3, 0.4) is 0 Å². The minimum Gasteiger partial charge on any atom is -0.302 e. The SMILES string of the molecule is CCCC1CCCCN1C1CCCC(C#N)(NC)C1. The van der Waals surface area contributed by atoms with E-state index in [0.717, 1.165) is 18.9 Å². The Bertz CT molecular complexity index is 320. The van der Waals surface area contributed by atoms with Crippen LogP contribution in [0.4, 0.5) is 0 Å². The van der Waals surface area contributed by atoms with Gasteiger partial charge in [-0.15, -0.1) is 0 Å². The van der Waals surface area contributed by atoms with Crippen molar-refractivity contribution in [2.45, 2.75) is 82.3 Å². The molecule has 1 aliphatic carbocycles. The molecule has 1 N–H and O–H groups in total. The zero-order valence-electron chi connectivity index (χ0n) is 12.6. The third-order valence-corrected chi connectivity index (χ3v) is 5.18. The summed E-state index contributed by atoms with van der Waals surface area (Å²) < 4.78 is 0. The van der Waals surface area contributed by atoms with Gasteiger partial charge >= 0.3 is 0 Å². The van der Waals surface area contributed by atoms with E-state index in [2.05, 4.69) is 23.2 Å². The zero-order chi connectivity index (χ0) is 13.7. The second-order valence-corrected chi connectivity index (χ2v) is 6.37. The summed E-state index contributed by atoms with van der Waals surface area (Å²) in [7, 11) is 1.95. The van der Waals surface area contributed by atoms with Gasteiger partial charge in [-0.05, 0) is 58.5 Å². The molecule has 0 aromatic heterocycles. The maximum Gasteiger partial charge on any atom is 0.108 e. The largest absolute Gasteiger partial charge is 0.302 e. The van der Waals surface area contributed by atoms with Crippen LogP contribution in [0.1, 0.15) is 64.7 Å². The van der Waals surface area contributed by atoms with E-state index in [1.165, 1.54) is 51.5 Å². The Morgan fingerprint density at radius 2 is 2.16 bits per heavy atom. The molecule has 0 radical (unpaired) electrons. The minimum absolute atomic E-state index is 0.267. The standard InChI is InChI=1S/C16H29N3/c1-3-7-14-8-4-5-11-19(14)15-9-6-10-16(12-15,13-17)18-2/h14-15,18H,3-12H2,1-2H3. The fourth-order valence-corrected chi connectivity index (χ4v) is 4.06. The van der Waals surface area contributed by atoms with Crippen LogP contribution < -0.4 is 5.32 Å². The molecule has 1 saturated heterocycles. The monoisotopic (exact) mass is 263 g/mol. The summed E-state index contributed by atoms with van der Waals surface area (Å²) in [6.07, 6.45) is 11.2. The van der Waals surface area contributed by atoms with Crippen LogP contribution in [0.25, 0.3) is 0 Å². The normalized spacial score (nSPS) is 36.9. The van der Waals surface area contributed by atoms with E-state index in [9.17, 15) is 5.26 Å². The minimum atomic E-state index is -0.267. The van der Waals surface area contributed by atoms with Gasteiger partial charge in [0.1, 0.15) is 5.54 Å². The Morgan fingerprint density at radius 3 is 2.84 bits per heavy atom. The topological polar surface area (TPSA) is 39.1 Å². The van der Waals surface area contributed by atoms with Crippen molar-refractivity contribution >= 4 is 0 Å². The van der Waals surface area contributed by atoms with Gasteiger partial charge in [0.05, 0.1) is 6.07 Å². The van der Waals surface area contributed by atoms with Crippen molar-refractivity contribution in [2.24, 2.45) is 0 Å². The highest BCUT2D eigenvalue weighted by Crippen LogP contribution is 2.34. The Hall–Kier alpha value is -0.590. The number of nitrogens with zero attached hydrogens (tertiary/aromatic N) is 2. The van der Waals surface area contributed by atoms with Crippen LogP contribution in [0.5, 0.6) is 0 Å². The average Bonchev–Trinajstić information content (AvgIpc) is 2.48. The molecule has 0 bridgehead atoms. The predicted molar refractivity (Wildman–Crippen MR) is 78.9 cm³/mol. The van der Waals surface area contributed by atoms with Gasteiger partial charge in [-0.25, -0.2) is 0 Å². The number of piperidine rings is 1. The lowest BCUT2D eigenvalue weighted by atomic mass is 9.78. The van der Waals surface area contributed by atoms with Crippen LogP contribution in [-0.4, -0.2) is 36.1 Å². The molecule has 0 amide bonds. The molecule has 3 unspecified atom stereocenters. The number of nitrogens with one attached hydrogen (secondary N) is 1. The summed E-state index contributed by atoms with van der Waals surface area (Å²) in [5.74, 6) is 0. The molecule has 2 fully saturated rings. The first kappa shape index (κ1) is 14.8. The van der Waals surface area contributed by atoms with Gasteiger partial charge in [0, 0.05) is 12.1 Å². The highest BCUT2D eigenvalue weighted by atomic mass is 15.2. The Labute approximate surface area is 118 Å². The smallest absolute Gasteiger partial charge is 0.108 e. The Morgan fingerprint density at radius 1 is 1.32 bits per heavy atom. The number of hydrogen-bond donors (Lipinski definition) is 1. The van der Waals surface area contributed by atoms with Crippen LogP contribution in [0.2, 0.25) is 0 Å². The van der Waals surface area contributed by atoms with Gasteiger partial charge < -0.3 is 5.32 Å². The quantitative estimate of drug-likeness (QED) is 0.847. The molecule has 3 nitrogen and oxygen atoms in total. The van der Waals surface area contributed by atoms with Gasteiger partial charge in [0.2, 0.25) is 0 Å². The molecule has 3 atom stereocenters. The number of rotatable bonds is 4. The first-order valence-corrected chi connectivity index (χ1v) is 8.10. The van der Waals surface area contributed by atoms with Gasteiger partial charge in [-0.3, -0.25) is 4.90 Å². The molecule has 3 heteroatoms. The van der Waals surface area contributed by atoms with Crippen molar-refractivity contribution in [3.63, 3.8) is 0 Å². The van der Waals surface area contributed by atoms with Crippen LogP contribution >= 0.6 is 0 Å². The van der Waals surface area contributed by atoms with E-state index in [1.807, 2.05) is 7.05 Å². The highest BCUT2D eigenvalue weighted by Gasteiger charge is 2.39. The van der Waals surface area contributed by atoms with Gasteiger partial charge in [0.25, 0.3) is 0 Å². The van der Waals surface area contributed by atoms with Crippen molar-refractivity contribution in [1.29, 1.82) is 5.26 Å². The predicted octanol–water partition coefficient (Wildman–Crippen LogP) is 3.07. The summed E-state index contributed by atoms with van der Waals surface area (Å²) in [4.78, 5) is 2.75. The summed E-state index contributed by atoms with van der Waals surface area (Å²) in [6.45, 7) is 3.54. The summed E-state index contributed by atoms with van der Waals surface area (Å²) in [6, 6.07) is 3.94. The molecule has 0 aromatic rings. The molecule has 108 valence electrons. The molecular formula is C16H29N3. The van der Waals surface area contributed by atoms with E-state index in [-0.39, 0.29) is 5.54 Å². The second-order valence-electron chi connectivity index (χ2n) is 6.37. The molecule has 0 spiro atoms. The van der Waals surface area contributed by atoms with E-state index in [0.29, 0.717) is 6.04 Å². The van der Waals surface area contributed by atoms with E-state index < -0.39 is 0 Å². The molecule has 1 saturated carbocycles. The fraction of sp³-hybridized carbons (Fsp3) is 0.938. The van der Waals surface area contributed by atoms with Crippen molar-refractivity contribution in [2.75, 3.05) is 13.6 Å². The molecule has 1 heterocycles. The average molecular weight is 263 g/mol. The molecule has 2 aliphatic rings. The van der Waals surface area contributed by atoms with Gasteiger partial charge in [0.15, 0.2) is 0 Å². The third-order valence-electron chi connectivity index (χ3n) is 5.18. The van der Waals surface area contributed by atoms with Crippen LogP contribution in [-0.2, 0) is 0 Å². The third kappa shape index (κ3) is 3.30. The second kappa shape index (κ2) is 6.72. The molecule has 1 aliphatic heterocycles. The van der Waals surface area contributed by atoms with E-state index in [4.69, 9.17) is 0 Å². The summed E-state index contributed by atoms with van der Waals surface area (Å²) >= 11 is 0. The maximum atomic E-state index is 9.50. The lowest BCUT2D eigenvalue weighted by Gasteiger charge is -2.46. The summed E-state index contributed by atoms with van der Waals surface area (Å²) in [5, 5.41) is 12.8. The number of nitriles is 1. The summed E-state index contributed by atoms with van der Waals surface area (Å²) in [5.41, 5.74) is -0.267. The van der Waals surface area contributed by atoms with Crippen LogP contribution in [0.15, 0.2) is 0 Å². The number of hydrogen-bond acceptors (Lipinski definition) is 3. The maximum absolute atomic E-state index is 9.50. The van der Waals surface area contributed by atoms with Gasteiger partial charge in [-0.1, -0.05) is 19.8 Å². The lowest BCUT2D eigenvalue weighted by Crippen LogP contribution is -2.54. The Kier molecular flexibility index (Phi) is 5.24. The van der Waals surface area contributed by atoms with E-state index >= 15 is 0 Å². The molecular weight excluding hydrogens is 234 g/mol. The van der Waals surface area contributed by atoms with E-state index in [1.54, 1.807) is 0 Å². The van der Waals surface area contributed by atoms with Crippen LogP contribution in [0, 0.1) is 11.3 Å². The highest BCUT2D eigenvalue weighted by molar-refractivity contribution is 5.11. The molecule has 2 rings (SSSR count). The molecule has 19 heavy (non-hydrogen) atoms. The van der Waals surface area contributed by atoms with Crippen molar-refractivity contribution in [3.8, 4) is 6.07 Å².